The molecule has 0 bridgehead atoms. The fraction of sp³-hybridized carbons (Fsp3) is 0. The van der Waals surface area contributed by atoms with Crippen molar-refractivity contribution >= 4 is 17.4 Å². The second-order valence-corrected chi connectivity index (χ2v) is 0. The molecule has 0 heterocycles. The van der Waals surface area contributed by atoms with Crippen molar-refractivity contribution in [2.75, 3.05) is 0 Å². The Labute approximate surface area is 60.8 Å². The first-order valence-corrected chi connectivity index (χ1v) is 0. The molecule has 0 aliphatic heterocycles. The van der Waals surface area contributed by atoms with E-state index in [4.69, 9.17) is 0 Å². The summed E-state index contributed by atoms with van der Waals surface area (Å²) in [6.45, 7) is 0. The van der Waals surface area contributed by atoms with E-state index in [1.807, 2.05) is 0 Å². The summed E-state index contributed by atoms with van der Waals surface area (Å²) in [6, 6.07) is 0. The van der Waals surface area contributed by atoms with E-state index in [1.54, 1.807) is 0 Å². The van der Waals surface area contributed by atoms with Gasteiger partial charge in [-0.2, -0.15) is 0 Å². The van der Waals surface area contributed by atoms with Gasteiger partial charge in [0, 0.05) is 6.15 Å². The summed E-state index contributed by atoms with van der Waals surface area (Å²) in [7, 11) is 0. The molecule has 0 saturated heterocycles. The van der Waals surface area contributed by atoms with Gasteiger partial charge in [0.15, 0.2) is 0 Å². The van der Waals surface area contributed by atoms with Crippen LogP contribution in [0.1, 0.15) is 0 Å². The Kier molecular flexibility index (Phi) is 1080. The van der Waals surface area contributed by atoms with Gasteiger partial charge in [-0.3, -0.25) is 0 Å². The first kappa shape index (κ1) is 98.6. The molecule has 0 amide bonds. The minimum atomic E-state index is 0. The summed E-state index contributed by atoms with van der Waals surface area (Å²) < 4.78 is 0. The molecule has 0 fully saturated rings. The Hall–Kier alpha value is 1.36. The summed E-state index contributed by atoms with van der Waals surface area (Å²) in [5.74, 6) is 0. The molecule has 0 rings (SSSR count). The predicted molar refractivity (Wildman–Crippen MR) is 7.89 cm³/mol. The van der Waals surface area contributed by atoms with Gasteiger partial charge in [-0.15, -0.1) is 0 Å². The minimum absolute atomic E-state index is 0. The van der Waals surface area contributed by atoms with Gasteiger partial charge in [-0.25, -0.2) is 0 Å². The monoisotopic (exact) mass is 146 g/mol. The molecule has 29 valence electrons. The summed E-state index contributed by atoms with van der Waals surface area (Å²) in [4.78, 5) is 0. The van der Waals surface area contributed by atoms with Gasteiger partial charge in [0.2, 0.25) is 0 Å². The number of halogens is 3. The average Bonchev–Trinajstić information content (AvgIpc) is 0. The van der Waals surface area contributed by atoms with Crippen molar-refractivity contribution in [3.05, 3.63) is 0 Å². The Morgan fingerprint density at radius 2 is 0.600 bits per heavy atom. The molecule has 5 heavy (non-hydrogen) atoms. The molecule has 0 saturated carbocycles. The van der Waals surface area contributed by atoms with E-state index in [0.29, 0.717) is 0 Å². The Morgan fingerprint density at radius 1 is 0.600 bits per heavy atom. The van der Waals surface area contributed by atoms with Crippen LogP contribution in [0.3, 0.4) is 0 Å². The van der Waals surface area contributed by atoms with Crippen LogP contribution < -0.4 is 43.4 Å². The van der Waals surface area contributed by atoms with E-state index in [2.05, 4.69) is 0 Å². The molecule has 0 atom stereocenters. The fourth-order valence-electron chi connectivity index (χ4n) is 0. The molecule has 0 aromatic carbocycles. The average molecular weight is 147 g/mol. The maximum absolute atomic E-state index is 0. The summed E-state index contributed by atoms with van der Waals surface area (Å²) in [5, 5.41) is 0. The smallest absolute Gasteiger partial charge is 1.00 e. The van der Waals surface area contributed by atoms with Crippen LogP contribution in [-0.2, 0) is 0 Å². The van der Waals surface area contributed by atoms with E-state index < -0.39 is 0 Å². The number of nitrogens with zero attached hydrogens (tertiary/aromatic N) is 1. The third-order valence-corrected chi connectivity index (χ3v) is 0. The van der Waals surface area contributed by atoms with E-state index in [1.165, 1.54) is 0 Å². The van der Waals surface area contributed by atoms with Crippen molar-refractivity contribution in [3.8, 4) is 0 Å². The van der Waals surface area contributed by atoms with Crippen molar-refractivity contribution in [1.29, 1.82) is 0 Å². The maximum atomic E-state index is 0. The van der Waals surface area contributed by atoms with Crippen LogP contribution in [0.4, 0.5) is 0 Å². The standard InChI is InChI=1S/Al.3ClH.N/h;3*1H;/q+3;;;;/p-3. The first-order chi connectivity index (χ1) is 0. The molecule has 0 aliphatic carbocycles. The summed E-state index contributed by atoms with van der Waals surface area (Å²) in [6.07, 6.45) is 0. The topological polar surface area (TPSA) is 30.5 Å². The number of hydrogen-bond donors (Lipinski definition) is 0. The Morgan fingerprint density at radius 3 is 0.600 bits per heavy atom. The molecular formula is AlCl3N. The normalized spacial score (nSPS) is 0. The van der Waals surface area contributed by atoms with E-state index in [-0.39, 0.29) is 60.7 Å². The predicted octanol–water partition coefficient (Wildman–Crippen LogP) is -9.85. The van der Waals surface area contributed by atoms with Gasteiger partial charge < -0.3 is 37.2 Å². The van der Waals surface area contributed by atoms with Crippen molar-refractivity contribution in [2.45, 2.75) is 0 Å². The zero-order valence-corrected chi connectivity index (χ0v) is 5.58. The zero-order valence-electron chi connectivity index (χ0n) is 2.16. The molecule has 0 unspecified atom stereocenters. The van der Waals surface area contributed by atoms with E-state index in [0.717, 1.165) is 0 Å². The fourth-order valence-corrected chi connectivity index (χ4v) is 0. The molecule has 5 heteroatoms. The zero-order chi connectivity index (χ0) is 0. The quantitative estimate of drug-likeness (QED) is 0.305. The summed E-state index contributed by atoms with van der Waals surface area (Å²) >= 11 is 0. The maximum Gasteiger partial charge on any atom is 3.00 e. The van der Waals surface area contributed by atoms with Gasteiger partial charge in [-0.05, 0) is 0 Å². The van der Waals surface area contributed by atoms with Crippen LogP contribution in [0.5, 0.6) is 0 Å². The molecule has 1 nitrogen and oxygen atoms in total. The SMILES string of the molecule is [Al+3].[Cl-].[Cl-].[Cl-].[N]. The third kappa shape index (κ3) is 32.7. The Bertz CT molecular complexity index is 6.85. The molecule has 3 radical (unpaired) electrons. The van der Waals surface area contributed by atoms with Gasteiger partial charge >= 0.3 is 17.4 Å². The molecule has 0 aromatic rings. The molecule has 0 aliphatic rings. The van der Waals surface area contributed by atoms with E-state index >= 15 is 0 Å². The van der Waals surface area contributed by atoms with Gasteiger partial charge in [0.05, 0.1) is 0 Å². The van der Waals surface area contributed by atoms with Gasteiger partial charge in [-0.1, -0.05) is 0 Å². The molecule has 0 aromatic heterocycles. The molecule has 0 spiro atoms. The van der Waals surface area contributed by atoms with Gasteiger partial charge in [0.25, 0.3) is 0 Å². The van der Waals surface area contributed by atoms with Crippen molar-refractivity contribution < 1.29 is 37.2 Å². The largest absolute Gasteiger partial charge is 3.00 e. The molecular weight excluding hydrogens is 147 g/mol. The van der Waals surface area contributed by atoms with Crippen molar-refractivity contribution in [3.63, 3.8) is 0 Å². The van der Waals surface area contributed by atoms with Crippen LogP contribution in [0.15, 0.2) is 0 Å². The third-order valence-electron chi connectivity index (χ3n) is 0. The second-order valence-electron chi connectivity index (χ2n) is 0. The first-order valence-electron chi connectivity index (χ1n) is 0. The number of hydrogen-bond acceptors (Lipinski definition) is 0. The van der Waals surface area contributed by atoms with Crippen LogP contribution in [-0.4, -0.2) is 17.4 Å². The van der Waals surface area contributed by atoms with E-state index in [9.17, 15) is 0 Å². The van der Waals surface area contributed by atoms with Crippen molar-refractivity contribution in [1.82, 2.24) is 6.15 Å². The van der Waals surface area contributed by atoms with Crippen molar-refractivity contribution in [2.24, 2.45) is 0 Å². The van der Waals surface area contributed by atoms with Crippen LogP contribution in [0.2, 0.25) is 0 Å². The summed E-state index contributed by atoms with van der Waals surface area (Å²) in [5.41, 5.74) is 0. The molecule has 0 N–H and O–H groups in total. The van der Waals surface area contributed by atoms with Gasteiger partial charge in [0.1, 0.15) is 0 Å². The van der Waals surface area contributed by atoms with Crippen LogP contribution >= 0.6 is 0 Å². The minimum Gasteiger partial charge on any atom is -1.00 e. The van der Waals surface area contributed by atoms with Crippen LogP contribution in [0.25, 0.3) is 0 Å². The Balaban J connectivity index is 0. The number of rotatable bonds is 0. The second kappa shape index (κ2) is 55.0. The van der Waals surface area contributed by atoms with Crippen LogP contribution in [0, 0.1) is 0 Å².